The molecule has 16 aromatic rings. The molecule has 0 bridgehead atoms. The van der Waals surface area contributed by atoms with Crippen molar-refractivity contribution in [1.82, 2.24) is 29.1 Å². The van der Waals surface area contributed by atoms with E-state index in [1.807, 2.05) is 146 Å². The predicted molar refractivity (Wildman–Crippen MR) is 371 cm³/mol. The van der Waals surface area contributed by atoms with E-state index in [1.54, 1.807) is 36.9 Å². The lowest BCUT2D eigenvalue weighted by Gasteiger charge is -2.22. The summed E-state index contributed by atoms with van der Waals surface area (Å²) in [6, 6.07) is 90.6. The second-order valence-corrected chi connectivity index (χ2v) is 23.2. The summed E-state index contributed by atoms with van der Waals surface area (Å²) in [7, 11) is 0. The van der Waals surface area contributed by atoms with E-state index >= 15 is 13.2 Å². The molecule has 0 N–H and O–H groups in total. The van der Waals surface area contributed by atoms with Crippen molar-refractivity contribution in [2.24, 2.45) is 0 Å². The Hall–Kier alpha value is -12.8. The largest absolute Gasteiger partial charge is 0.415 e. The maximum Gasteiger partial charge on any atom is 0.415 e. The van der Waals surface area contributed by atoms with E-state index in [2.05, 4.69) is 117 Å². The highest BCUT2D eigenvalue weighted by atomic mass is 19.4. The summed E-state index contributed by atoms with van der Waals surface area (Å²) in [6.07, 6.45) is 2.32. The Labute approximate surface area is 538 Å². The number of halogens is 3. The molecule has 10 aromatic carbocycles. The van der Waals surface area contributed by atoms with Gasteiger partial charge in [0.15, 0.2) is 5.69 Å². The third-order valence-corrected chi connectivity index (χ3v) is 17.6. The number of alkyl halides is 3. The summed E-state index contributed by atoms with van der Waals surface area (Å²) in [5, 5.41) is 15.0. The lowest BCUT2D eigenvalue weighted by molar-refractivity contribution is -0.137. The van der Waals surface area contributed by atoms with Crippen LogP contribution in [0.25, 0.3) is 160 Å². The highest BCUT2D eigenvalue weighted by Gasteiger charge is 2.33. The molecule has 8 nitrogen and oxygen atoms in total. The number of hydrogen-bond donors (Lipinski definition) is 0. The first kappa shape index (κ1) is 56.4. The molecule has 0 fully saturated rings. The predicted octanol–water partition coefficient (Wildman–Crippen LogP) is 21.9. The molecule has 0 aliphatic rings. The van der Waals surface area contributed by atoms with Gasteiger partial charge in [0.2, 0.25) is 0 Å². The first-order valence-electron chi connectivity index (χ1n) is 30.5. The highest BCUT2D eigenvalue weighted by Crippen LogP contribution is 2.48. The Kier molecular flexibility index (Phi) is 13.9. The molecule has 6 aromatic heterocycles. The van der Waals surface area contributed by atoms with Gasteiger partial charge in [-0.15, -0.1) is 0 Å². The number of aromatic nitrogens is 6. The Balaban J connectivity index is 1.03. The van der Waals surface area contributed by atoms with Crippen LogP contribution in [0.5, 0.6) is 0 Å². The SMILES string of the molecule is [C-]#[N+]c1cc(-c2c(-n3c4cc(-c5ccnc(-c6ccccc6)c5)ccc4c4ccc(-c5ccnc(-c6ccccc6)c5)cc43)cc(C#N)cc2-n2c3cc(-c4ccnc(-c5ccccc5)c4)ccc3c3ccc(-c4ccnc(-c5ccccc5)c4)cc32)cc(C(F)(F)F)c1. The van der Waals surface area contributed by atoms with E-state index in [-0.39, 0.29) is 16.8 Å². The Morgan fingerprint density at radius 3 is 0.926 bits per heavy atom. The van der Waals surface area contributed by atoms with E-state index in [9.17, 15) is 5.26 Å². The van der Waals surface area contributed by atoms with Crippen LogP contribution in [0.15, 0.2) is 298 Å². The number of rotatable bonds is 11. The summed E-state index contributed by atoms with van der Waals surface area (Å²) in [5.41, 5.74) is 17.0. The second-order valence-electron chi connectivity index (χ2n) is 23.2. The van der Waals surface area contributed by atoms with Crippen LogP contribution in [0.1, 0.15) is 11.1 Å². The molecule has 0 amide bonds. The first-order valence-corrected chi connectivity index (χ1v) is 30.5. The average Bonchev–Trinajstić information content (AvgIpc) is 1.52. The van der Waals surface area contributed by atoms with Gasteiger partial charge in [0, 0.05) is 79.7 Å². The van der Waals surface area contributed by atoms with Gasteiger partial charge in [-0.25, -0.2) is 4.85 Å². The number of pyridine rings is 4. The zero-order valence-electron chi connectivity index (χ0n) is 50.0. The molecule has 0 saturated heterocycles. The van der Waals surface area contributed by atoms with Gasteiger partial charge in [-0.3, -0.25) is 19.9 Å². The minimum absolute atomic E-state index is 0.117. The van der Waals surface area contributed by atoms with E-state index in [0.717, 1.165) is 123 Å². The summed E-state index contributed by atoms with van der Waals surface area (Å²) in [4.78, 5) is 22.8. The van der Waals surface area contributed by atoms with Crippen molar-refractivity contribution in [1.29, 1.82) is 5.26 Å². The standard InChI is InChI=1S/C83H49F3N8/c1-88-67-41-65(40-66(50-67)83(84,85)86)82-80(93-76-46-57(61-30-34-89-72(42-61)53-14-6-2-7-15-53)22-26-68(76)69-27-23-58(47-77(69)93)62-31-35-90-73(43-62)54-16-8-3-9-17-54)38-52(51-87)39-81(82)94-78-48-59(63-32-36-91-74(44-63)55-18-10-4-11-19-55)24-28-70(78)71-29-25-60(49-79(71)94)64-33-37-92-75(45-64)56-20-12-5-13-21-56/h2-50H. The Bertz CT molecular complexity index is 5160. The van der Waals surface area contributed by atoms with Crippen LogP contribution in [-0.4, -0.2) is 29.1 Å². The van der Waals surface area contributed by atoms with Crippen molar-refractivity contribution in [3.8, 4) is 118 Å². The third-order valence-electron chi connectivity index (χ3n) is 17.6. The monoisotopic (exact) mass is 1210 g/mol. The van der Waals surface area contributed by atoms with Gasteiger partial charge in [0.05, 0.1) is 74.4 Å². The molecule has 0 unspecified atom stereocenters. The quantitative estimate of drug-likeness (QED) is 0.120. The van der Waals surface area contributed by atoms with Gasteiger partial charge in [0.1, 0.15) is 0 Å². The molecular weight excluding hydrogens is 1170 g/mol. The molecular formula is C83H49F3N8. The average molecular weight is 1220 g/mol. The summed E-state index contributed by atoms with van der Waals surface area (Å²) < 4.78 is 51.3. The van der Waals surface area contributed by atoms with Crippen molar-refractivity contribution in [3.63, 3.8) is 0 Å². The molecule has 0 saturated carbocycles. The zero-order chi connectivity index (χ0) is 63.4. The van der Waals surface area contributed by atoms with Gasteiger partial charge in [0.25, 0.3) is 0 Å². The zero-order valence-corrected chi connectivity index (χ0v) is 50.0. The molecule has 94 heavy (non-hydrogen) atoms. The van der Waals surface area contributed by atoms with Gasteiger partial charge < -0.3 is 9.13 Å². The van der Waals surface area contributed by atoms with Crippen LogP contribution in [-0.2, 0) is 6.18 Å². The van der Waals surface area contributed by atoms with Crippen LogP contribution >= 0.6 is 0 Å². The Morgan fingerprint density at radius 2 is 0.638 bits per heavy atom. The summed E-state index contributed by atoms with van der Waals surface area (Å²) in [6.45, 7) is 8.37. The third kappa shape index (κ3) is 10.3. The van der Waals surface area contributed by atoms with Crippen molar-refractivity contribution in [2.75, 3.05) is 0 Å². The molecule has 11 heteroatoms. The normalized spacial score (nSPS) is 11.5. The van der Waals surface area contributed by atoms with Crippen LogP contribution in [0.2, 0.25) is 0 Å². The number of hydrogen-bond acceptors (Lipinski definition) is 5. The molecule has 16 rings (SSSR count). The van der Waals surface area contributed by atoms with Crippen molar-refractivity contribution >= 4 is 49.3 Å². The van der Waals surface area contributed by atoms with Crippen LogP contribution < -0.4 is 0 Å². The fourth-order valence-corrected chi connectivity index (χ4v) is 13.1. The number of benzene rings is 10. The molecule has 0 aliphatic heterocycles. The van der Waals surface area contributed by atoms with Crippen molar-refractivity contribution in [3.05, 3.63) is 320 Å². The number of nitriles is 1. The fraction of sp³-hybridized carbons (Fsp3) is 0.0120. The van der Waals surface area contributed by atoms with E-state index < -0.39 is 11.7 Å². The van der Waals surface area contributed by atoms with Crippen LogP contribution in [0, 0.1) is 17.9 Å². The lowest BCUT2D eigenvalue weighted by Crippen LogP contribution is -2.08. The molecule has 0 aliphatic carbocycles. The molecule has 6 heterocycles. The topological polar surface area (TPSA) is 89.6 Å². The van der Waals surface area contributed by atoms with Crippen LogP contribution in [0.3, 0.4) is 0 Å². The van der Waals surface area contributed by atoms with Gasteiger partial charge in [-0.05, 0) is 153 Å². The highest BCUT2D eigenvalue weighted by molar-refractivity contribution is 6.14. The van der Waals surface area contributed by atoms with E-state index in [4.69, 9.17) is 26.5 Å². The molecule has 0 spiro atoms. The molecule has 442 valence electrons. The minimum atomic E-state index is -4.85. The molecule has 0 radical (unpaired) electrons. The lowest BCUT2D eigenvalue weighted by atomic mass is 9.95. The van der Waals surface area contributed by atoms with E-state index in [1.165, 1.54) is 6.07 Å². The second kappa shape index (κ2) is 23.2. The van der Waals surface area contributed by atoms with Crippen molar-refractivity contribution in [2.45, 2.75) is 6.18 Å². The maximum absolute atomic E-state index is 15.7. The Morgan fingerprint density at radius 1 is 0.330 bits per heavy atom. The van der Waals surface area contributed by atoms with Crippen LogP contribution in [0.4, 0.5) is 18.9 Å². The van der Waals surface area contributed by atoms with Gasteiger partial charge in [-0.1, -0.05) is 170 Å². The van der Waals surface area contributed by atoms with Gasteiger partial charge >= 0.3 is 6.18 Å². The van der Waals surface area contributed by atoms with E-state index in [0.29, 0.717) is 39.0 Å². The summed E-state index contributed by atoms with van der Waals surface area (Å²) >= 11 is 0. The minimum Gasteiger partial charge on any atom is -0.308 e. The maximum atomic E-state index is 15.7. The number of fused-ring (bicyclic) bond motifs is 6. The van der Waals surface area contributed by atoms with Gasteiger partial charge in [-0.2, -0.15) is 18.4 Å². The van der Waals surface area contributed by atoms with Crippen molar-refractivity contribution < 1.29 is 13.2 Å². The first-order chi connectivity index (χ1) is 46.1. The fourth-order valence-electron chi connectivity index (χ4n) is 13.1. The number of nitrogens with zero attached hydrogens (tertiary/aromatic N) is 8. The summed E-state index contributed by atoms with van der Waals surface area (Å²) in [5.74, 6) is 0. The molecule has 0 atom stereocenters. The smallest absolute Gasteiger partial charge is 0.308 e.